The molecule has 0 saturated carbocycles. The minimum absolute atomic E-state index is 0.0260. The van der Waals surface area contributed by atoms with Gasteiger partial charge in [0.25, 0.3) is 5.91 Å². The summed E-state index contributed by atoms with van der Waals surface area (Å²) < 4.78 is 0.525. The minimum Gasteiger partial charge on any atom is -0.543 e. The molecule has 2 fully saturated rings. The van der Waals surface area contributed by atoms with E-state index in [1.807, 2.05) is 20.9 Å². The molecule has 0 aromatic rings. The molecule has 3 aliphatic heterocycles. The summed E-state index contributed by atoms with van der Waals surface area (Å²) in [5, 5.41) is 21.7. The second kappa shape index (κ2) is 6.79. The number of rotatable bonds is 6. The van der Waals surface area contributed by atoms with E-state index in [-0.39, 0.29) is 40.8 Å². The number of nitrogens with zero attached hydrogens (tertiary/aromatic N) is 2. The zero-order chi connectivity index (χ0) is 20.3. The number of fused-ring (bicyclic) bond motifs is 1. The molecule has 8 nitrogen and oxygen atoms in total. The third kappa shape index (κ3) is 2.96. The van der Waals surface area contributed by atoms with Crippen LogP contribution in [-0.4, -0.2) is 75.8 Å². The lowest BCUT2D eigenvalue weighted by Crippen LogP contribution is -2.64. The van der Waals surface area contributed by atoms with Crippen LogP contribution in [0.1, 0.15) is 27.2 Å². The number of aliphatic hydroxyl groups is 1. The van der Waals surface area contributed by atoms with Crippen LogP contribution in [-0.2, 0) is 14.4 Å². The molecule has 2 saturated heterocycles. The van der Waals surface area contributed by atoms with Gasteiger partial charge in [-0.15, -0.1) is 11.8 Å². The summed E-state index contributed by atoms with van der Waals surface area (Å²) in [6, 6.07) is -0.659. The zero-order valence-corrected chi connectivity index (χ0v) is 16.9. The van der Waals surface area contributed by atoms with Crippen LogP contribution in [0, 0.1) is 11.8 Å². The molecule has 0 aliphatic carbocycles. The van der Waals surface area contributed by atoms with Crippen LogP contribution in [0.3, 0.4) is 0 Å². The first kappa shape index (κ1) is 20.2. The molecule has 0 spiro atoms. The Hall–Kier alpha value is -1.58. The number of likely N-dealkylation sites (N-methyl/N-ethyl adjacent to an activating group) is 1. The standard InChI is InChI=1S/C18H27N3O5S/c1-5-21(4)7-10(6-11(21)16(19)23)27-15-8(2)13-12(9(3)22)17(24)20(13)14(15)18(25)26/h8-13,22H,5-7H2,1-4H3,(H2-,19,23,25,26)/t8-,9-,10+,11+,12-,13-,21?/m1/s1. The van der Waals surface area contributed by atoms with Gasteiger partial charge >= 0.3 is 0 Å². The largest absolute Gasteiger partial charge is 0.543 e. The minimum atomic E-state index is -1.37. The highest BCUT2D eigenvalue weighted by Gasteiger charge is 2.59. The second-order valence-electron chi connectivity index (χ2n) is 8.13. The van der Waals surface area contributed by atoms with Crippen LogP contribution >= 0.6 is 11.8 Å². The Morgan fingerprint density at radius 3 is 2.56 bits per heavy atom. The fraction of sp³-hybridized carbons (Fsp3) is 0.722. The third-order valence-corrected chi connectivity index (χ3v) is 8.00. The predicted molar refractivity (Wildman–Crippen MR) is 97.6 cm³/mol. The Labute approximate surface area is 163 Å². The van der Waals surface area contributed by atoms with E-state index in [0.717, 1.165) is 6.54 Å². The molecular weight excluding hydrogens is 370 g/mol. The summed E-state index contributed by atoms with van der Waals surface area (Å²) in [6.45, 7) is 6.89. The van der Waals surface area contributed by atoms with Crippen molar-refractivity contribution in [2.75, 3.05) is 20.1 Å². The predicted octanol–water partition coefficient (Wildman–Crippen LogP) is -1.37. The Bertz CT molecular complexity index is 724. The second-order valence-corrected chi connectivity index (χ2v) is 9.47. The summed E-state index contributed by atoms with van der Waals surface area (Å²) >= 11 is 1.42. The van der Waals surface area contributed by atoms with Gasteiger partial charge in [-0.2, -0.15) is 0 Å². The van der Waals surface area contributed by atoms with Gasteiger partial charge in [-0.25, -0.2) is 0 Å². The number of carbonyl (C=O) groups excluding carboxylic acids is 3. The number of nitrogens with two attached hydrogens (primary N) is 1. The van der Waals surface area contributed by atoms with E-state index in [1.165, 1.54) is 16.7 Å². The number of aliphatic hydroxyl groups excluding tert-OH is 1. The Balaban J connectivity index is 1.87. The van der Waals surface area contributed by atoms with Crippen molar-refractivity contribution in [2.24, 2.45) is 17.6 Å². The molecule has 3 rings (SSSR count). The summed E-state index contributed by atoms with van der Waals surface area (Å²) in [5.74, 6) is -2.88. The lowest BCUT2D eigenvalue weighted by Gasteiger charge is -2.47. The van der Waals surface area contributed by atoms with Crippen molar-refractivity contribution in [3.05, 3.63) is 10.6 Å². The molecule has 9 heteroatoms. The van der Waals surface area contributed by atoms with Crippen LogP contribution in [0.5, 0.6) is 0 Å². The number of hydrogen-bond donors (Lipinski definition) is 2. The van der Waals surface area contributed by atoms with E-state index >= 15 is 0 Å². The summed E-state index contributed by atoms with van der Waals surface area (Å²) in [7, 11) is 1.99. The number of carboxylic acids is 1. The SMILES string of the molecule is CC[N+]1(C)C[C@@H](SC2=C(C(=O)[O-])N3C(=O)[C@H]([C@@H](C)O)[C@H]3[C@H]2C)C[C@H]1C(N)=O. The molecule has 0 radical (unpaired) electrons. The number of aliphatic carboxylic acids is 1. The number of carboxylic acid groups (broad SMARTS) is 1. The highest BCUT2D eigenvalue weighted by Crippen LogP contribution is 2.52. The van der Waals surface area contributed by atoms with Gasteiger partial charge in [-0.05, 0) is 13.8 Å². The van der Waals surface area contributed by atoms with Gasteiger partial charge in [0.1, 0.15) is 0 Å². The maximum Gasteiger partial charge on any atom is 0.275 e. The molecular formula is C18H27N3O5S. The van der Waals surface area contributed by atoms with Crippen molar-refractivity contribution in [1.29, 1.82) is 0 Å². The molecule has 150 valence electrons. The van der Waals surface area contributed by atoms with Crippen molar-refractivity contribution in [3.8, 4) is 0 Å². The average Bonchev–Trinajstić information content (AvgIpc) is 3.02. The van der Waals surface area contributed by atoms with Crippen molar-refractivity contribution >= 4 is 29.5 Å². The number of hydrogen-bond acceptors (Lipinski definition) is 6. The van der Waals surface area contributed by atoms with Gasteiger partial charge in [0, 0.05) is 17.2 Å². The molecule has 2 amide bonds. The van der Waals surface area contributed by atoms with Crippen LogP contribution in [0.4, 0.5) is 0 Å². The topological polar surface area (TPSA) is 124 Å². The molecule has 0 aromatic carbocycles. The first-order chi connectivity index (χ1) is 12.5. The zero-order valence-electron chi connectivity index (χ0n) is 16.0. The van der Waals surface area contributed by atoms with Crippen LogP contribution in [0.15, 0.2) is 10.6 Å². The number of quaternary nitrogens is 1. The molecule has 3 heterocycles. The number of β-lactam (4-membered cyclic amide) rings is 1. The lowest BCUT2D eigenvalue weighted by atomic mass is 9.79. The van der Waals surface area contributed by atoms with E-state index in [9.17, 15) is 24.6 Å². The summed E-state index contributed by atoms with van der Waals surface area (Å²) in [6.07, 6.45) is -0.265. The van der Waals surface area contributed by atoms with Crippen LogP contribution in [0.2, 0.25) is 0 Å². The maximum absolute atomic E-state index is 12.4. The molecule has 3 aliphatic rings. The van der Waals surface area contributed by atoms with E-state index in [4.69, 9.17) is 5.73 Å². The van der Waals surface area contributed by atoms with Gasteiger partial charge in [0.2, 0.25) is 5.91 Å². The number of likely N-dealkylation sites (tertiary alicyclic amines) is 1. The highest BCUT2D eigenvalue weighted by atomic mass is 32.2. The fourth-order valence-corrected chi connectivity index (χ4v) is 6.58. The fourth-order valence-electron chi connectivity index (χ4n) is 4.88. The smallest absolute Gasteiger partial charge is 0.275 e. The molecule has 1 unspecified atom stereocenters. The molecule has 0 bridgehead atoms. The normalized spacial score (nSPS) is 39.4. The highest BCUT2D eigenvalue weighted by molar-refractivity contribution is 8.03. The summed E-state index contributed by atoms with van der Waals surface area (Å²) in [4.78, 5) is 37.9. The molecule has 27 heavy (non-hydrogen) atoms. The van der Waals surface area contributed by atoms with Gasteiger partial charge in [0.05, 0.1) is 55.1 Å². The first-order valence-electron chi connectivity index (χ1n) is 9.30. The Morgan fingerprint density at radius 2 is 2.11 bits per heavy atom. The van der Waals surface area contributed by atoms with Gasteiger partial charge in [0.15, 0.2) is 6.04 Å². The Kier molecular flexibility index (Phi) is 5.07. The van der Waals surface area contributed by atoms with Crippen molar-refractivity contribution in [3.63, 3.8) is 0 Å². The van der Waals surface area contributed by atoms with E-state index in [1.54, 1.807) is 6.92 Å². The van der Waals surface area contributed by atoms with Crippen LogP contribution < -0.4 is 10.8 Å². The number of primary amides is 1. The maximum atomic E-state index is 12.4. The van der Waals surface area contributed by atoms with Crippen molar-refractivity contribution < 1.29 is 29.1 Å². The molecule has 0 aromatic heterocycles. The lowest BCUT2D eigenvalue weighted by molar-refractivity contribution is -0.910. The number of carbonyl (C=O) groups is 3. The third-order valence-electron chi connectivity index (χ3n) is 6.51. The monoisotopic (exact) mass is 397 g/mol. The Morgan fingerprint density at radius 1 is 1.48 bits per heavy atom. The van der Waals surface area contributed by atoms with Gasteiger partial charge < -0.3 is 30.1 Å². The van der Waals surface area contributed by atoms with Crippen molar-refractivity contribution in [2.45, 2.75) is 50.6 Å². The molecule has 3 N–H and O–H groups in total. The molecule has 7 atom stereocenters. The number of amides is 2. The van der Waals surface area contributed by atoms with E-state index in [0.29, 0.717) is 22.4 Å². The quantitative estimate of drug-likeness (QED) is 0.421. The van der Waals surface area contributed by atoms with Crippen molar-refractivity contribution in [1.82, 2.24) is 4.90 Å². The van der Waals surface area contributed by atoms with Gasteiger partial charge in [-0.3, -0.25) is 9.59 Å². The number of thioether (sulfide) groups is 1. The average molecular weight is 397 g/mol. The van der Waals surface area contributed by atoms with Crippen LogP contribution in [0.25, 0.3) is 0 Å². The van der Waals surface area contributed by atoms with E-state index in [2.05, 4.69) is 0 Å². The van der Waals surface area contributed by atoms with E-state index < -0.39 is 18.0 Å². The summed E-state index contributed by atoms with van der Waals surface area (Å²) in [5.41, 5.74) is 5.51. The van der Waals surface area contributed by atoms with Gasteiger partial charge in [-0.1, -0.05) is 6.92 Å². The first-order valence-corrected chi connectivity index (χ1v) is 10.2.